The fourth-order valence-corrected chi connectivity index (χ4v) is 5.84. The maximum absolute atomic E-state index is 12.5. The number of anilines is 2. The summed E-state index contributed by atoms with van der Waals surface area (Å²) < 4.78 is 29.3. The Hall–Kier alpha value is -1.68. The lowest BCUT2D eigenvalue weighted by Gasteiger charge is -2.30. The molecule has 0 amide bonds. The van der Waals surface area contributed by atoms with Crippen LogP contribution in [0.5, 0.6) is 0 Å². The number of fused-ring (bicyclic) bond motifs is 1. The standard InChI is InChI=1S/C21H32N6O2S.ClH/c22-20-18-6-2-3-7-19(18)25-21(26-20)23-14-16-8-10-17(11-9-16)15-24-30(28,29)27-12-4-1-5-13-27;/h2-3,6-7,16-17,24H,1,4-5,8-15H2,(H3,22,23,25,26);1H. The number of piperidine rings is 1. The summed E-state index contributed by atoms with van der Waals surface area (Å²) in [4.78, 5) is 8.93. The molecule has 1 aliphatic heterocycles. The number of rotatable bonds is 7. The minimum atomic E-state index is -3.32. The number of nitrogens with one attached hydrogen (secondary N) is 2. The van der Waals surface area contributed by atoms with Gasteiger partial charge in [0.05, 0.1) is 5.52 Å². The van der Waals surface area contributed by atoms with Crippen molar-refractivity contribution in [1.29, 1.82) is 0 Å². The first kappa shape index (κ1) is 24.0. The second-order valence-corrected chi connectivity index (χ2v) is 10.3. The first-order valence-electron chi connectivity index (χ1n) is 11.0. The molecule has 4 N–H and O–H groups in total. The lowest BCUT2D eigenvalue weighted by molar-refractivity contribution is 0.280. The van der Waals surface area contributed by atoms with Crippen LogP contribution in [0.25, 0.3) is 10.9 Å². The summed E-state index contributed by atoms with van der Waals surface area (Å²) in [5.41, 5.74) is 6.90. The van der Waals surface area contributed by atoms with Crippen LogP contribution in [0.1, 0.15) is 44.9 Å². The molecule has 0 bridgehead atoms. The van der Waals surface area contributed by atoms with Gasteiger partial charge in [0.2, 0.25) is 5.95 Å². The zero-order valence-electron chi connectivity index (χ0n) is 17.8. The molecule has 8 nitrogen and oxygen atoms in total. The SMILES string of the molecule is Cl.Nc1nc(NCC2CCC(CNS(=O)(=O)N3CCCCC3)CC2)nc2ccccc12. The molecular weight excluding hydrogens is 436 g/mol. The molecule has 2 fully saturated rings. The van der Waals surface area contributed by atoms with Crippen molar-refractivity contribution in [3.05, 3.63) is 24.3 Å². The average Bonchev–Trinajstić information content (AvgIpc) is 2.78. The van der Waals surface area contributed by atoms with Gasteiger partial charge in [-0.15, -0.1) is 12.4 Å². The zero-order chi connectivity index (χ0) is 21.0. The first-order valence-corrected chi connectivity index (χ1v) is 12.5. The molecule has 0 atom stereocenters. The Morgan fingerprint density at radius 2 is 1.61 bits per heavy atom. The van der Waals surface area contributed by atoms with Crippen molar-refractivity contribution in [2.24, 2.45) is 11.8 Å². The Kier molecular flexibility index (Phi) is 8.32. The molecule has 1 aromatic carbocycles. The molecule has 0 spiro atoms. The summed E-state index contributed by atoms with van der Waals surface area (Å²) in [7, 11) is -3.32. The van der Waals surface area contributed by atoms with Crippen molar-refractivity contribution in [1.82, 2.24) is 19.0 Å². The van der Waals surface area contributed by atoms with E-state index in [0.717, 1.165) is 62.4 Å². The van der Waals surface area contributed by atoms with Gasteiger partial charge >= 0.3 is 0 Å². The van der Waals surface area contributed by atoms with Gasteiger partial charge in [0, 0.05) is 31.6 Å². The van der Waals surface area contributed by atoms with Gasteiger partial charge in [-0.2, -0.15) is 17.7 Å². The van der Waals surface area contributed by atoms with Crippen molar-refractivity contribution in [3.63, 3.8) is 0 Å². The third kappa shape index (κ3) is 6.19. The number of aromatic nitrogens is 2. The Bertz CT molecular complexity index is 959. The van der Waals surface area contributed by atoms with Gasteiger partial charge in [-0.3, -0.25) is 0 Å². The fourth-order valence-electron chi connectivity index (χ4n) is 4.48. The molecule has 2 aliphatic rings. The number of para-hydroxylation sites is 1. The van der Waals surface area contributed by atoms with Gasteiger partial charge in [0.1, 0.15) is 5.82 Å². The first-order chi connectivity index (χ1) is 14.5. The van der Waals surface area contributed by atoms with Gasteiger partial charge in [0.25, 0.3) is 10.2 Å². The van der Waals surface area contributed by atoms with E-state index >= 15 is 0 Å². The van der Waals surface area contributed by atoms with Gasteiger partial charge < -0.3 is 11.1 Å². The topological polar surface area (TPSA) is 113 Å². The Morgan fingerprint density at radius 1 is 0.968 bits per heavy atom. The number of hydrogen-bond donors (Lipinski definition) is 3. The summed E-state index contributed by atoms with van der Waals surface area (Å²) in [6.45, 7) is 2.65. The molecule has 1 saturated carbocycles. The smallest absolute Gasteiger partial charge is 0.279 e. The molecule has 1 aromatic heterocycles. The molecule has 2 heterocycles. The third-order valence-corrected chi connectivity index (χ3v) is 7.93. The van der Waals surface area contributed by atoms with E-state index in [-0.39, 0.29) is 12.4 Å². The summed E-state index contributed by atoms with van der Waals surface area (Å²) in [6.07, 6.45) is 7.28. The summed E-state index contributed by atoms with van der Waals surface area (Å²) in [5.74, 6) is 2.01. The summed E-state index contributed by atoms with van der Waals surface area (Å²) in [5, 5.41) is 4.21. The van der Waals surface area contributed by atoms with E-state index < -0.39 is 10.2 Å². The van der Waals surface area contributed by atoms with E-state index in [2.05, 4.69) is 20.0 Å². The highest BCUT2D eigenvalue weighted by atomic mass is 35.5. The van der Waals surface area contributed by atoms with E-state index in [1.165, 1.54) is 0 Å². The Balaban J connectivity index is 0.00000272. The average molecular weight is 469 g/mol. The van der Waals surface area contributed by atoms with Crippen molar-refractivity contribution in [3.8, 4) is 0 Å². The number of nitrogen functional groups attached to an aromatic ring is 1. The molecule has 172 valence electrons. The Morgan fingerprint density at radius 3 is 2.32 bits per heavy atom. The molecule has 2 aromatic rings. The predicted octanol–water partition coefficient (Wildman–Crippen LogP) is 3.17. The maximum atomic E-state index is 12.5. The van der Waals surface area contributed by atoms with Gasteiger partial charge in [-0.05, 0) is 62.5 Å². The van der Waals surface area contributed by atoms with E-state index in [1.807, 2.05) is 24.3 Å². The highest BCUT2D eigenvalue weighted by Crippen LogP contribution is 2.29. The van der Waals surface area contributed by atoms with E-state index in [1.54, 1.807) is 4.31 Å². The predicted molar refractivity (Wildman–Crippen MR) is 127 cm³/mol. The van der Waals surface area contributed by atoms with E-state index in [9.17, 15) is 8.42 Å². The number of nitrogens with two attached hydrogens (primary N) is 1. The van der Waals surface area contributed by atoms with E-state index in [0.29, 0.717) is 43.2 Å². The normalized spacial score (nSPS) is 22.7. The molecule has 1 saturated heterocycles. The van der Waals surface area contributed by atoms with Crippen molar-refractivity contribution < 1.29 is 8.42 Å². The van der Waals surface area contributed by atoms with Gasteiger partial charge in [-0.25, -0.2) is 9.71 Å². The van der Waals surface area contributed by atoms with Crippen molar-refractivity contribution in [2.75, 3.05) is 37.2 Å². The summed E-state index contributed by atoms with van der Waals surface area (Å²) >= 11 is 0. The number of benzene rings is 1. The zero-order valence-corrected chi connectivity index (χ0v) is 19.4. The fraction of sp³-hybridized carbons (Fsp3) is 0.619. The Labute approximate surface area is 191 Å². The van der Waals surface area contributed by atoms with Crippen LogP contribution >= 0.6 is 12.4 Å². The van der Waals surface area contributed by atoms with Crippen LogP contribution in [0.15, 0.2) is 24.3 Å². The van der Waals surface area contributed by atoms with Crippen molar-refractivity contribution >= 4 is 45.3 Å². The number of halogens is 1. The molecule has 10 heteroatoms. The highest BCUT2D eigenvalue weighted by molar-refractivity contribution is 7.87. The number of hydrogen-bond acceptors (Lipinski definition) is 6. The largest absolute Gasteiger partial charge is 0.383 e. The van der Waals surface area contributed by atoms with Crippen LogP contribution in [0.2, 0.25) is 0 Å². The highest BCUT2D eigenvalue weighted by Gasteiger charge is 2.26. The minimum Gasteiger partial charge on any atom is -0.383 e. The monoisotopic (exact) mass is 468 g/mol. The van der Waals surface area contributed by atoms with E-state index in [4.69, 9.17) is 5.73 Å². The molecule has 31 heavy (non-hydrogen) atoms. The third-order valence-electron chi connectivity index (χ3n) is 6.36. The van der Waals surface area contributed by atoms with Gasteiger partial charge in [0.15, 0.2) is 0 Å². The lowest BCUT2D eigenvalue weighted by Crippen LogP contribution is -2.45. The van der Waals surface area contributed by atoms with Crippen LogP contribution in [-0.4, -0.2) is 48.9 Å². The number of nitrogens with zero attached hydrogens (tertiary/aromatic N) is 3. The second kappa shape index (κ2) is 10.8. The van der Waals surface area contributed by atoms with Gasteiger partial charge in [-0.1, -0.05) is 18.6 Å². The molecule has 1 aliphatic carbocycles. The molecule has 0 radical (unpaired) electrons. The lowest BCUT2D eigenvalue weighted by atomic mass is 9.82. The maximum Gasteiger partial charge on any atom is 0.279 e. The van der Waals surface area contributed by atoms with Crippen LogP contribution in [-0.2, 0) is 10.2 Å². The summed E-state index contributed by atoms with van der Waals surface area (Å²) in [6, 6.07) is 7.74. The van der Waals surface area contributed by atoms with Crippen LogP contribution < -0.4 is 15.8 Å². The minimum absolute atomic E-state index is 0. The molecular formula is C21H33ClN6O2S. The quantitative estimate of drug-likeness (QED) is 0.575. The second-order valence-electron chi connectivity index (χ2n) is 8.53. The molecule has 0 unspecified atom stereocenters. The van der Waals surface area contributed by atoms with Crippen LogP contribution in [0, 0.1) is 11.8 Å². The van der Waals surface area contributed by atoms with Crippen molar-refractivity contribution in [2.45, 2.75) is 44.9 Å². The van der Waals surface area contributed by atoms with Crippen LogP contribution in [0.4, 0.5) is 11.8 Å². The molecule has 4 rings (SSSR count). The van der Waals surface area contributed by atoms with Crippen LogP contribution in [0.3, 0.4) is 0 Å².